The van der Waals surface area contributed by atoms with Crippen molar-refractivity contribution in [2.24, 2.45) is 0 Å². The number of nitrogens with one attached hydrogen (secondary N) is 1. The minimum absolute atomic E-state index is 0.0634. The summed E-state index contributed by atoms with van der Waals surface area (Å²) >= 11 is 0. The molecule has 0 aromatic heterocycles. The molecule has 0 unspecified atom stereocenters. The number of carbonyl (C=O) groups excluding carboxylic acids is 1. The molecule has 5 heteroatoms. The first-order chi connectivity index (χ1) is 7.12. The van der Waals surface area contributed by atoms with Crippen molar-refractivity contribution in [2.75, 3.05) is 20.8 Å². The number of carbonyl (C=O) groups is 1. The van der Waals surface area contributed by atoms with Crippen LogP contribution in [0.15, 0.2) is 12.2 Å². The van der Waals surface area contributed by atoms with Crippen molar-refractivity contribution in [1.29, 1.82) is 0 Å². The van der Waals surface area contributed by atoms with Gasteiger partial charge in [-0.1, -0.05) is 0 Å². The van der Waals surface area contributed by atoms with E-state index in [1.807, 2.05) is 6.08 Å². The third-order valence-corrected chi connectivity index (χ3v) is 2.25. The van der Waals surface area contributed by atoms with Gasteiger partial charge >= 0.3 is 0 Å². The van der Waals surface area contributed by atoms with Crippen molar-refractivity contribution in [3.8, 4) is 0 Å². The second kappa shape index (κ2) is 5.25. The van der Waals surface area contributed by atoms with Gasteiger partial charge in [0, 0.05) is 34.1 Å². The minimum Gasteiger partial charge on any atom is -0.356 e. The molecular formula is C10H17NO4. The third kappa shape index (κ3) is 3.30. The number of hydrogen-bond donors (Lipinski definition) is 1. The summed E-state index contributed by atoms with van der Waals surface area (Å²) in [5, 5.41) is 2.69. The summed E-state index contributed by atoms with van der Waals surface area (Å²) in [6.45, 7) is 1.98. The molecule has 0 radical (unpaired) electrons. The summed E-state index contributed by atoms with van der Waals surface area (Å²) < 4.78 is 15.8. The molecule has 0 fully saturated rings. The van der Waals surface area contributed by atoms with Crippen molar-refractivity contribution < 1.29 is 19.0 Å². The van der Waals surface area contributed by atoms with Crippen LogP contribution in [0, 0.1) is 0 Å². The van der Waals surface area contributed by atoms with E-state index < -0.39 is 5.79 Å². The van der Waals surface area contributed by atoms with E-state index in [1.54, 1.807) is 20.3 Å². The minimum atomic E-state index is -0.775. The number of methoxy groups -OCH3 is 2. The van der Waals surface area contributed by atoms with E-state index in [0.717, 1.165) is 0 Å². The molecule has 5 nitrogen and oxygen atoms in total. The van der Waals surface area contributed by atoms with Crippen LogP contribution in [0.2, 0.25) is 0 Å². The highest BCUT2D eigenvalue weighted by Crippen LogP contribution is 2.27. The molecule has 15 heavy (non-hydrogen) atoms. The van der Waals surface area contributed by atoms with Gasteiger partial charge in [-0.25, -0.2) is 0 Å². The first kappa shape index (κ1) is 12.2. The fourth-order valence-electron chi connectivity index (χ4n) is 1.40. The first-order valence-corrected chi connectivity index (χ1v) is 4.81. The van der Waals surface area contributed by atoms with E-state index in [9.17, 15) is 4.79 Å². The molecule has 0 saturated heterocycles. The predicted octanol–water partition coefficient (Wildman–Crippen LogP) is 0.414. The lowest BCUT2D eigenvalue weighted by atomic mass is 10.2. The second-order valence-electron chi connectivity index (χ2n) is 3.33. The van der Waals surface area contributed by atoms with E-state index in [0.29, 0.717) is 13.0 Å². The Labute approximate surface area is 89.4 Å². The smallest absolute Gasteiger partial charge is 0.216 e. The predicted molar refractivity (Wildman–Crippen MR) is 54.1 cm³/mol. The largest absolute Gasteiger partial charge is 0.356 e. The highest BCUT2D eigenvalue weighted by Gasteiger charge is 2.35. The zero-order valence-electron chi connectivity index (χ0n) is 9.28. The Kier molecular flexibility index (Phi) is 4.26. The molecule has 0 spiro atoms. The molecule has 0 bridgehead atoms. The molecule has 1 amide bonds. The van der Waals surface area contributed by atoms with Gasteiger partial charge < -0.3 is 19.5 Å². The van der Waals surface area contributed by atoms with Gasteiger partial charge in [-0.2, -0.15) is 0 Å². The SMILES string of the molecule is CO[C@@H]1C=C[C@](CCNC(C)=O)(OC)O1. The lowest BCUT2D eigenvalue weighted by molar-refractivity contribution is -0.244. The Balaban J connectivity index is 2.42. The fourth-order valence-corrected chi connectivity index (χ4v) is 1.40. The summed E-state index contributed by atoms with van der Waals surface area (Å²) in [5.41, 5.74) is 0. The maximum atomic E-state index is 10.7. The van der Waals surface area contributed by atoms with Crippen LogP contribution in [-0.4, -0.2) is 38.7 Å². The summed E-state index contributed by atoms with van der Waals surface area (Å²) in [5.74, 6) is -0.838. The van der Waals surface area contributed by atoms with Crippen molar-refractivity contribution in [2.45, 2.75) is 25.4 Å². The normalized spacial score (nSPS) is 29.4. The molecule has 1 aliphatic rings. The highest BCUT2D eigenvalue weighted by atomic mass is 16.8. The van der Waals surface area contributed by atoms with Crippen molar-refractivity contribution in [3.63, 3.8) is 0 Å². The Hall–Kier alpha value is -0.910. The average Bonchev–Trinajstić information content (AvgIpc) is 2.62. The summed E-state index contributed by atoms with van der Waals surface area (Å²) in [6.07, 6.45) is 3.78. The maximum absolute atomic E-state index is 10.7. The third-order valence-electron chi connectivity index (χ3n) is 2.25. The van der Waals surface area contributed by atoms with Gasteiger partial charge in [-0.15, -0.1) is 0 Å². The molecule has 1 heterocycles. The van der Waals surface area contributed by atoms with Crippen LogP contribution >= 0.6 is 0 Å². The molecule has 86 valence electrons. The van der Waals surface area contributed by atoms with Gasteiger partial charge in [-0.05, 0) is 12.2 Å². The summed E-state index contributed by atoms with van der Waals surface area (Å²) in [4.78, 5) is 10.7. The zero-order valence-corrected chi connectivity index (χ0v) is 9.28. The Morgan fingerprint density at radius 2 is 2.33 bits per heavy atom. The molecule has 0 aromatic carbocycles. The molecule has 1 aliphatic heterocycles. The number of hydrogen-bond acceptors (Lipinski definition) is 4. The van der Waals surface area contributed by atoms with Crippen molar-refractivity contribution >= 4 is 5.91 Å². The van der Waals surface area contributed by atoms with E-state index in [4.69, 9.17) is 14.2 Å². The molecule has 1 N–H and O–H groups in total. The Morgan fingerprint density at radius 1 is 1.60 bits per heavy atom. The number of ether oxygens (including phenoxy) is 3. The highest BCUT2D eigenvalue weighted by molar-refractivity contribution is 5.72. The molecule has 0 saturated carbocycles. The maximum Gasteiger partial charge on any atom is 0.216 e. The summed E-state index contributed by atoms with van der Waals surface area (Å²) in [7, 11) is 3.13. The van der Waals surface area contributed by atoms with Crippen LogP contribution < -0.4 is 5.32 Å². The van der Waals surface area contributed by atoms with E-state index >= 15 is 0 Å². The van der Waals surface area contributed by atoms with Gasteiger partial charge in [0.2, 0.25) is 5.91 Å². The van der Waals surface area contributed by atoms with Crippen LogP contribution in [0.5, 0.6) is 0 Å². The van der Waals surface area contributed by atoms with Crippen molar-refractivity contribution in [1.82, 2.24) is 5.32 Å². The van der Waals surface area contributed by atoms with Gasteiger partial charge in [-0.3, -0.25) is 4.79 Å². The van der Waals surface area contributed by atoms with Crippen LogP contribution in [-0.2, 0) is 19.0 Å². The second-order valence-corrected chi connectivity index (χ2v) is 3.33. The van der Waals surface area contributed by atoms with E-state index in [1.165, 1.54) is 6.92 Å². The number of amides is 1. The molecule has 2 atom stereocenters. The van der Waals surface area contributed by atoms with Gasteiger partial charge in [0.25, 0.3) is 0 Å². The van der Waals surface area contributed by atoms with Gasteiger partial charge in [0.1, 0.15) is 0 Å². The molecular weight excluding hydrogens is 198 g/mol. The molecule has 0 aromatic rings. The molecule has 0 aliphatic carbocycles. The quantitative estimate of drug-likeness (QED) is 0.675. The van der Waals surface area contributed by atoms with Gasteiger partial charge in [0.05, 0.1) is 0 Å². The van der Waals surface area contributed by atoms with E-state index in [-0.39, 0.29) is 12.2 Å². The van der Waals surface area contributed by atoms with Crippen LogP contribution in [0.4, 0.5) is 0 Å². The molecule has 1 rings (SSSR count). The standard InChI is InChI=1S/C10H17NO4/c1-8(12)11-7-6-10(14-3)5-4-9(13-2)15-10/h4-5,9H,6-7H2,1-3H3,(H,11,12)/t9-,10-/m0/s1. The average molecular weight is 215 g/mol. The van der Waals surface area contributed by atoms with Crippen LogP contribution in [0.1, 0.15) is 13.3 Å². The Morgan fingerprint density at radius 3 is 2.80 bits per heavy atom. The van der Waals surface area contributed by atoms with Crippen LogP contribution in [0.25, 0.3) is 0 Å². The lowest BCUT2D eigenvalue weighted by Crippen LogP contribution is -2.36. The lowest BCUT2D eigenvalue weighted by Gasteiger charge is -2.26. The van der Waals surface area contributed by atoms with Gasteiger partial charge in [0.15, 0.2) is 12.1 Å². The fraction of sp³-hybridized carbons (Fsp3) is 0.700. The monoisotopic (exact) mass is 215 g/mol. The first-order valence-electron chi connectivity index (χ1n) is 4.81. The zero-order chi connectivity index (χ0) is 11.3. The van der Waals surface area contributed by atoms with Crippen LogP contribution in [0.3, 0.4) is 0 Å². The number of rotatable bonds is 5. The van der Waals surface area contributed by atoms with Crippen molar-refractivity contribution in [3.05, 3.63) is 12.2 Å². The topological polar surface area (TPSA) is 56.8 Å². The van der Waals surface area contributed by atoms with E-state index in [2.05, 4.69) is 5.32 Å². The Bertz CT molecular complexity index is 254. The summed E-state index contributed by atoms with van der Waals surface area (Å²) in [6, 6.07) is 0.